The molecule has 0 spiro atoms. The van der Waals surface area contributed by atoms with E-state index in [0.717, 1.165) is 22.0 Å². The molecule has 224 valence electrons. The average Bonchev–Trinajstić information content (AvgIpc) is 3.51. The summed E-state index contributed by atoms with van der Waals surface area (Å²) in [6, 6.07) is 15.2. The predicted molar refractivity (Wildman–Crippen MR) is 150 cm³/mol. The van der Waals surface area contributed by atoms with Gasteiger partial charge in [0, 0.05) is 38.8 Å². The zero-order valence-electron chi connectivity index (χ0n) is 22.7. The molecule has 1 amide bonds. The highest BCUT2D eigenvalue weighted by Crippen LogP contribution is 2.30. The van der Waals surface area contributed by atoms with Crippen LogP contribution >= 0.6 is 0 Å². The highest BCUT2D eigenvalue weighted by Gasteiger charge is 2.35. The molecule has 0 aliphatic carbocycles. The van der Waals surface area contributed by atoms with E-state index in [1.807, 2.05) is 35.2 Å². The molecule has 1 aromatic heterocycles. The number of nitro groups is 2. The summed E-state index contributed by atoms with van der Waals surface area (Å²) in [4.78, 5) is 37.6. The van der Waals surface area contributed by atoms with E-state index in [9.17, 15) is 33.4 Å². The van der Waals surface area contributed by atoms with Crippen LogP contribution in [0.1, 0.15) is 11.3 Å². The van der Waals surface area contributed by atoms with Crippen molar-refractivity contribution in [3.05, 3.63) is 98.5 Å². The van der Waals surface area contributed by atoms with Gasteiger partial charge in [0.25, 0.3) is 11.4 Å². The smallest absolute Gasteiger partial charge is 0.296 e. The third kappa shape index (κ3) is 7.97. The molecular formula is C27H31N5O9S. The standard InChI is InChI=1S/C27H31N5O9S/c33-27(29(20-24-7-4-16-41-24)11-10-22-5-2-1-3-6-22)21-30(13-12-28-14-17-40-18-15-28)42(38,39)26-9-8-23(31(34)35)19-25(26)32(36)37/h1-9,16,19H,10-15,17-18,20-21H2. The third-order valence-electron chi connectivity index (χ3n) is 6.84. The van der Waals surface area contributed by atoms with Gasteiger partial charge in [-0.1, -0.05) is 30.3 Å². The van der Waals surface area contributed by atoms with Gasteiger partial charge >= 0.3 is 0 Å². The lowest BCUT2D eigenvalue weighted by Gasteiger charge is -2.30. The number of hydrogen-bond acceptors (Lipinski definition) is 10. The summed E-state index contributed by atoms with van der Waals surface area (Å²) in [7, 11) is -4.64. The summed E-state index contributed by atoms with van der Waals surface area (Å²) in [6.45, 7) is 1.91. The Morgan fingerprint density at radius 1 is 0.952 bits per heavy atom. The number of sulfonamides is 1. The Bertz CT molecular complexity index is 1480. The summed E-state index contributed by atoms with van der Waals surface area (Å²) >= 11 is 0. The summed E-state index contributed by atoms with van der Waals surface area (Å²) in [5.41, 5.74) is -0.584. The molecule has 1 aliphatic heterocycles. The van der Waals surface area contributed by atoms with E-state index >= 15 is 0 Å². The Kier molecular flexibility index (Phi) is 10.4. The second-order valence-corrected chi connectivity index (χ2v) is 11.5. The number of nitrogens with zero attached hydrogens (tertiary/aromatic N) is 5. The molecule has 14 nitrogen and oxygen atoms in total. The van der Waals surface area contributed by atoms with Crippen LogP contribution in [0.25, 0.3) is 0 Å². The first-order valence-electron chi connectivity index (χ1n) is 13.2. The lowest BCUT2D eigenvalue weighted by Crippen LogP contribution is -2.47. The van der Waals surface area contributed by atoms with E-state index in [1.165, 1.54) is 11.2 Å². The molecule has 1 fully saturated rings. The van der Waals surface area contributed by atoms with Crippen LogP contribution in [0, 0.1) is 20.2 Å². The molecule has 0 unspecified atom stereocenters. The van der Waals surface area contributed by atoms with Crippen LogP contribution in [0.15, 0.2) is 76.2 Å². The third-order valence-corrected chi connectivity index (χ3v) is 8.73. The maximum atomic E-state index is 13.9. The number of ether oxygens (including phenoxy) is 1. The molecule has 42 heavy (non-hydrogen) atoms. The number of non-ortho nitro benzene ring substituents is 1. The minimum absolute atomic E-state index is 0.0910. The molecule has 0 saturated carbocycles. The Labute approximate surface area is 242 Å². The van der Waals surface area contributed by atoms with Crippen LogP contribution in [0.5, 0.6) is 0 Å². The van der Waals surface area contributed by atoms with Crippen molar-refractivity contribution in [1.82, 2.24) is 14.1 Å². The highest BCUT2D eigenvalue weighted by molar-refractivity contribution is 7.89. The lowest BCUT2D eigenvalue weighted by molar-refractivity contribution is -0.396. The summed E-state index contributed by atoms with van der Waals surface area (Å²) < 4.78 is 39.5. The molecule has 15 heteroatoms. The fourth-order valence-electron chi connectivity index (χ4n) is 4.52. The van der Waals surface area contributed by atoms with E-state index in [2.05, 4.69) is 0 Å². The van der Waals surface area contributed by atoms with Gasteiger partial charge in [0.2, 0.25) is 15.9 Å². The summed E-state index contributed by atoms with van der Waals surface area (Å²) in [5, 5.41) is 23.0. The number of carbonyl (C=O) groups is 1. The largest absolute Gasteiger partial charge is 0.467 e. The SMILES string of the molecule is O=C(CN(CCN1CCOCC1)S(=O)(=O)c1ccc([N+](=O)[O-])cc1[N+](=O)[O-])N(CCc1ccccc1)Cc1ccco1. The molecule has 2 heterocycles. The van der Waals surface area contributed by atoms with Crippen LogP contribution in [-0.2, 0) is 32.5 Å². The zero-order chi connectivity index (χ0) is 30.1. The monoisotopic (exact) mass is 601 g/mol. The van der Waals surface area contributed by atoms with Crippen molar-refractivity contribution >= 4 is 27.3 Å². The van der Waals surface area contributed by atoms with E-state index in [-0.39, 0.29) is 26.2 Å². The summed E-state index contributed by atoms with van der Waals surface area (Å²) in [5.74, 6) is -0.0254. The van der Waals surface area contributed by atoms with E-state index in [0.29, 0.717) is 44.6 Å². The first-order chi connectivity index (χ1) is 20.1. The van der Waals surface area contributed by atoms with Crippen molar-refractivity contribution in [1.29, 1.82) is 0 Å². The molecule has 2 aromatic carbocycles. The maximum absolute atomic E-state index is 13.9. The second-order valence-electron chi connectivity index (χ2n) is 9.59. The molecule has 0 radical (unpaired) electrons. The molecule has 0 N–H and O–H groups in total. The van der Waals surface area contributed by atoms with Gasteiger partial charge in [0.05, 0.1) is 48.5 Å². The van der Waals surface area contributed by atoms with Gasteiger partial charge in [0.15, 0.2) is 4.90 Å². The molecule has 1 saturated heterocycles. The van der Waals surface area contributed by atoms with Gasteiger partial charge in [0.1, 0.15) is 5.76 Å². The van der Waals surface area contributed by atoms with Gasteiger partial charge in [-0.25, -0.2) is 8.42 Å². The number of furan rings is 1. The number of hydrogen-bond donors (Lipinski definition) is 0. The summed E-state index contributed by atoms with van der Waals surface area (Å²) in [6.07, 6.45) is 1.98. The average molecular weight is 602 g/mol. The van der Waals surface area contributed by atoms with Gasteiger partial charge < -0.3 is 14.1 Å². The van der Waals surface area contributed by atoms with Crippen LogP contribution in [0.2, 0.25) is 0 Å². The van der Waals surface area contributed by atoms with Crippen LogP contribution < -0.4 is 0 Å². The number of nitro benzene ring substituents is 2. The van der Waals surface area contributed by atoms with Crippen LogP contribution in [-0.4, -0.2) is 90.8 Å². The predicted octanol–water partition coefficient (Wildman–Crippen LogP) is 2.69. The van der Waals surface area contributed by atoms with Crippen molar-refractivity contribution in [3.63, 3.8) is 0 Å². The van der Waals surface area contributed by atoms with Gasteiger partial charge in [-0.05, 0) is 30.2 Å². The van der Waals surface area contributed by atoms with Crippen molar-refractivity contribution in [2.45, 2.75) is 17.9 Å². The zero-order valence-corrected chi connectivity index (χ0v) is 23.6. The van der Waals surface area contributed by atoms with Gasteiger partial charge in [-0.2, -0.15) is 4.31 Å². The van der Waals surface area contributed by atoms with E-state index in [4.69, 9.17) is 9.15 Å². The van der Waals surface area contributed by atoms with Crippen molar-refractivity contribution in [2.24, 2.45) is 0 Å². The van der Waals surface area contributed by atoms with Gasteiger partial charge in [-0.15, -0.1) is 0 Å². The molecular weight excluding hydrogens is 570 g/mol. The Morgan fingerprint density at radius 3 is 2.33 bits per heavy atom. The fraction of sp³-hybridized carbons (Fsp3) is 0.370. The number of carbonyl (C=O) groups excluding carboxylic acids is 1. The van der Waals surface area contributed by atoms with Crippen molar-refractivity contribution < 1.29 is 32.2 Å². The van der Waals surface area contributed by atoms with Crippen molar-refractivity contribution in [3.8, 4) is 0 Å². The lowest BCUT2D eigenvalue weighted by atomic mass is 10.1. The van der Waals surface area contributed by atoms with Crippen molar-refractivity contribution in [2.75, 3.05) is 52.5 Å². The highest BCUT2D eigenvalue weighted by atomic mass is 32.2. The molecule has 4 rings (SSSR count). The molecule has 3 aromatic rings. The fourth-order valence-corrected chi connectivity index (χ4v) is 6.04. The minimum Gasteiger partial charge on any atom is -0.467 e. The number of rotatable bonds is 14. The van der Waals surface area contributed by atoms with Crippen LogP contribution in [0.3, 0.4) is 0 Å². The van der Waals surface area contributed by atoms with Crippen LogP contribution in [0.4, 0.5) is 11.4 Å². The first-order valence-corrected chi connectivity index (χ1v) is 14.7. The normalized spacial score (nSPS) is 14.1. The number of benzene rings is 2. The number of morpholine rings is 1. The second kappa shape index (κ2) is 14.1. The Morgan fingerprint density at radius 2 is 1.69 bits per heavy atom. The maximum Gasteiger partial charge on any atom is 0.296 e. The topological polar surface area (TPSA) is 170 Å². The molecule has 1 aliphatic rings. The van der Waals surface area contributed by atoms with Gasteiger partial charge in [-0.3, -0.25) is 29.9 Å². The number of amides is 1. The Balaban J connectivity index is 1.63. The molecule has 0 bridgehead atoms. The van der Waals surface area contributed by atoms with E-state index < -0.39 is 48.6 Å². The van der Waals surface area contributed by atoms with E-state index in [1.54, 1.807) is 12.1 Å². The quantitative estimate of drug-likeness (QED) is 0.198. The first kappa shape index (κ1) is 30.8. The minimum atomic E-state index is -4.64. The molecule has 0 atom stereocenters. The Hall–Kier alpha value is -4.18.